The first-order chi connectivity index (χ1) is 10.1. The van der Waals surface area contributed by atoms with Gasteiger partial charge in [0.1, 0.15) is 0 Å². The van der Waals surface area contributed by atoms with E-state index in [1.807, 2.05) is 26.2 Å². The molecular formula is C18H19NOS. The molecule has 108 valence electrons. The molecule has 0 radical (unpaired) electrons. The number of rotatable bonds is 4. The van der Waals surface area contributed by atoms with Crippen LogP contribution in [0.15, 0.2) is 53.9 Å². The van der Waals surface area contributed by atoms with Crippen LogP contribution in [0.4, 0.5) is 5.69 Å². The zero-order valence-corrected chi connectivity index (χ0v) is 13.1. The number of hydrogen-bond acceptors (Lipinski definition) is 3. The number of aliphatic hydroxyl groups excluding tert-OH is 1. The summed E-state index contributed by atoms with van der Waals surface area (Å²) in [7, 11) is 4.02. The molecule has 1 N–H and O–H groups in total. The molecule has 0 saturated carbocycles. The molecule has 2 nitrogen and oxygen atoms in total. The van der Waals surface area contributed by atoms with Crippen LogP contribution in [-0.2, 0) is 6.42 Å². The second-order valence-corrected chi connectivity index (χ2v) is 6.38. The van der Waals surface area contributed by atoms with Gasteiger partial charge in [-0.25, -0.2) is 0 Å². The minimum Gasteiger partial charge on any atom is -0.388 e. The van der Waals surface area contributed by atoms with E-state index < -0.39 is 6.10 Å². The van der Waals surface area contributed by atoms with Crippen molar-refractivity contribution in [1.82, 2.24) is 0 Å². The number of hydrogen-bond donors (Lipinski definition) is 1. The van der Waals surface area contributed by atoms with Crippen LogP contribution in [0.25, 0.3) is 10.1 Å². The van der Waals surface area contributed by atoms with Crippen molar-refractivity contribution in [3.63, 3.8) is 0 Å². The van der Waals surface area contributed by atoms with Gasteiger partial charge in [0.05, 0.1) is 6.10 Å². The van der Waals surface area contributed by atoms with E-state index >= 15 is 0 Å². The summed E-state index contributed by atoms with van der Waals surface area (Å²) < 4.78 is 1.28. The fourth-order valence-corrected chi connectivity index (χ4v) is 3.50. The van der Waals surface area contributed by atoms with E-state index in [1.165, 1.54) is 15.6 Å². The van der Waals surface area contributed by atoms with Crippen LogP contribution in [0.1, 0.15) is 17.2 Å². The highest BCUT2D eigenvalue weighted by Crippen LogP contribution is 2.30. The number of thiophene rings is 1. The lowest BCUT2D eigenvalue weighted by Gasteiger charge is -2.16. The van der Waals surface area contributed by atoms with Crippen LogP contribution < -0.4 is 4.90 Å². The van der Waals surface area contributed by atoms with Gasteiger partial charge in [-0.15, -0.1) is 11.3 Å². The Labute approximate surface area is 129 Å². The highest BCUT2D eigenvalue weighted by molar-refractivity contribution is 7.17. The van der Waals surface area contributed by atoms with E-state index in [2.05, 4.69) is 46.7 Å². The van der Waals surface area contributed by atoms with E-state index in [1.54, 1.807) is 11.3 Å². The Morgan fingerprint density at radius 2 is 1.90 bits per heavy atom. The van der Waals surface area contributed by atoms with Crippen molar-refractivity contribution < 1.29 is 5.11 Å². The molecule has 0 fully saturated rings. The second kappa shape index (κ2) is 5.88. The molecule has 1 aromatic heterocycles. The number of nitrogens with zero attached hydrogens (tertiary/aromatic N) is 1. The van der Waals surface area contributed by atoms with Crippen molar-refractivity contribution in [2.24, 2.45) is 0 Å². The Morgan fingerprint density at radius 1 is 1.10 bits per heavy atom. The van der Waals surface area contributed by atoms with Crippen LogP contribution >= 0.6 is 11.3 Å². The fraction of sp³-hybridized carbons (Fsp3) is 0.222. The van der Waals surface area contributed by atoms with Crippen LogP contribution in [0.2, 0.25) is 0 Å². The van der Waals surface area contributed by atoms with Gasteiger partial charge in [-0.3, -0.25) is 0 Å². The summed E-state index contributed by atoms with van der Waals surface area (Å²) >= 11 is 1.74. The first-order valence-corrected chi connectivity index (χ1v) is 7.93. The predicted molar refractivity (Wildman–Crippen MR) is 91.3 cm³/mol. The van der Waals surface area contributed by atoms with Gasteiger partial charge in [-0.05, 0) is 40.1 Å². The Hall–Kier alpha value is -1.84. The average Bonchev–Trinajstić information content (AvgIpc) is 2.91. The van der Waals surface area contributed by atoms with Crippen molar-refractivity contribution in [2.45, 2.75) is 12.5 Å². The van der Waals surface area contributed by atoms with E-state index in [9.17, 15) is 5.11 Å². The number of aliphatic hydroxyl groups is 1. The second-order valence-electron chi connectivity index (χ2n) is 5.47. The van der Waals surface area contributed by atoms with E-state index in [-0.39, 0.29) is 0 Å². The predicted octanol–water partition coefficient (Wildman–Crippen LogP) is 4.24. The van der Waals surface area contributed by atoms with Crippen LogP contribution in [0, 0.1) is 0 Å². The van der Waals surface area contributed by atoms with Gasteiger partial charge in [-0.1, -0.05) is 30.3 Å². The zero-order chi connectivity index (χ0) is 14.8. The van der Waals surface area contributed by atoms with Crippen LogP contribution in [0.3, 0.4) is 0 Å². The minimum atomic E-state index is -0.470. The Kier molecular flexibility index (Phi) is 3.95. The van der Waals surface area contributed by atoms with Crippen molar-refractivity contribution in [1.29, 1.82) is 0 Å². The SMILES string of the molecule is CN(C)c1cccc(C(O)Cc2csc3ccccc23)c1. The third kappa shape index (κ3) is 2.94. The molecule has 0 bridgehead atoms. The number of anilines is 1. The summed E-state index contributed by atoms with van der Waals surface area (Å²) in [6.45, 7) is 0. The minimum absolute atomic E-state index is 0.470. The molecule has 3 aromatic rings. The molecule has 2 aromatic carbocycles. The molecule has 0 spiro atoms. The lowest BCUT2D eigenvalue weighted by atomic mass is 10.0. The van der Waals surface area contributed by atoms with Crippen molar-refractivity contribution in [2.75, 3.05) is 19.0 Å². The number of benzene rings is 2. The van der Waals surface area contributed by atoms with Crippen LogP contribution in [-0.4, -0.2) is 19.2 Å². The fourth-order valence-electron chi connectivity index (χ4n) is 2.53. The molecule has 0 aliphatic carbocycles. The highest BCUT2D eigenvalue weighted by atomic mass is 32.1. The summed E-state index contributed by atoms with van der Waals surface area (Å²) in [6, 6.07) is 16.5. The van der Waals surface area contributed by atoms with Crippen molar-refractivity contribution in [3.05, 3.63) is 65.0 Å². The van der Waals surface area contributed by atoms with Gasteiger partial charge in [0.25, 0.3) is 0 Å². The molecule has 0 saturated heterocycles. The largest absolute Gasteiger partial charge is 0.388 e. The molecule has 0 aliphatic rings. The molecule has 21 heavy (non-hydrogen) atoms. The zero-order valence-electron chi connectivity index (χ0n) is 12.3. The normalized spacial score (nSPS) is 12.5. The Morgan fingerprint density at radius 3 is 2.71 bits per heavy atom. The van der Waals surface area contributed by atoms with E-state index in [4.69, 9.17) is 0 Å². The smallest absolute Gasteiger partial charge is 0.0831 e. The average molecular weight is 297 g/mol. The summed E-state index contributed by atoms with van der Waals surface area (Å²) in [5.41, 5.74) is 3.30. The molecule has 1 heterocycles. The molecule has 1 unspecified atom stereocenters. The summed E-state index contributed by atoms with van der Waals surface area (Å²) in [6.07, 6.45) is 0.184. The third-order valence-corrected chi connectivity index (χ3v) is 4.76. The maximum absolute atomic E-state index is 10.5. The highest BCUT2D eigenvalue weighted by Gasteiger charge is 2.12. The molecular weight excluding hydrogens is 278 g/mol. The van der Waals surface area contributed by atoms with Crippen LogP contribution in [0.5, 0.6) is 0 Å². The van der Waals surface area contributed by atoms with Gasteiger partial charge < -0.3 is 10.0 Å². The number of fused-ring (bicyclic) bond motifs is 1. The summed E-state index contributed by atoms with van der Waals surface area (Å²) in [4.78, 5) is 2.05. The Balaban J connectivity index is 1.86. The maximum atomic E-state index is 10.5. The summed E-state index contributed by atoms with van der Waals surface area (Å²) in [5.74, 6) is 0. The standard InChI is InChI=1S/C18H19NOS/c1-19(2)15-7-5-6-13(10-15)17(20)11-14-12-21-18-9-4-3-8-16(14)18/h3-10,12,17,20H,11H2,1-2H3. The van der Waals surface area contributed by atoms with E-state index in [0.717, 1.165) is 11.3 Å². The van der Waals surface area contributed by atoms with Gasteiger partial charge in [0.2, 0.25) is 0 Å². The maximum Gasteiger partial charge on any atom is 0.0831 e. The van der Waals surface area contributed by atoms with Crippen molar-refractivity contribution >= 4 is 27.1 Å². The molecule has 0 aliphatic heterocycles. The molecule has 3 rings (SSSR count). The lowest BCUT2D eigenvalue weighted by Crippen LogP contribution is -2.10. The Bertz CT molecular complexity index is 748. The summed E-state index contributed by atoms with van der Waals surface area (Å²) in [5, 5.41) is 14.0. The molecule has 3 heteroatoms. The van der Waals surface area contributed by atoms with E-state index in [0.29, 0.717) is 6.42 Å². The lowest BCUT2D eigenvalue weighted by molar-refractivity contribution is 0.179. The first kappa shape index (κ1) is 14.1. The third-order valence-electron chi connectivity index (χ3n) is 3.75. The first-order valence-electron chi connectivity index (χ1n) is 7.05. The molecule has 0 amide bonds. The topological polar surface area (TPSA) is 23.5 Å². The van der Waals surface area contributed by atoms with Gasteiger partial charge in [-0.2, -0.15) is 0 Å². The molecule has 1 atom stereocenters. The van der Waals surface area contributed by atoms with Crippen molar-refractivity contribution in [3.8, 4) is 0 Å². The monoisotopic (exact) mass is 297 g/mol. The quantitative estimate of drug-likeness (QED) is 0.778. The van der Waals surface area contributed by atoms with Gasteiger partial charge in [0.15, 0.2) is 0 Å². The van der Waals surface area contributed by atoms with Gasteiger partial charge in [0, 0.05) is 30.9 Å². The van der Waals surface area contributed by atoms with Gasteiger partial charge >= 0.3 is 0 Å².